The molecule has 7 heteroatoms. The molecule has 0 atom stereocenters. The fourth-order valence-electron chi connectivity index (χ4n) is 2.44. The number of non-ortho nitro benzene ring substituents is 1. The summed E-state index contributed by atoms with van der Waals surface area (Å²) in [7, 11) is 1.63. The maximum Gasteiger partial charge on any atom is 0.269 e. The maximum atomic E-state index is 10.8. The molecule has 3 aromatic rings. The van der Waals surface area contributed by atoms with Crippen LogP contribution in [0.15, 0.2) is 72.0 Å². The van der Waals surface area contributed by atoms with Crippen molar-refractivity contribution in [1.29, 1.82) is 0 Å². The zero-order valence-electron chi connectivity index (χ0n) is 14.1. The van der Waals surface area contributed by atoms with Crippen LogP contribution in [0.5, 0.6) is 5.75 Å². The Balaban J connectivity index is 1.65. The van der Waals surface area contributed by atoms with Crippen LogP contribution >= 0.6 is 0 Å². The van der Waals surface area contributed by atoms with Gasteiger partial charge in [-0.1, -0.05) is 17.3 Å². The van der Waals surface area contributed by atoms with Crippen molar-refractivity contribution in [3.63, 3.8) is 0 Å². The Morgan fingerprint density at radius 3 is 2.69 bits per heavy atom. The number of rotatable bonds is 7. The third kappa shape index (κ3) is 4.07. The molecule has 0 bridgehead atoms. The van der Waals surface area contributed by atoms with Crippen LogP contribution < -0.4 is 4.74 Å². The standard InChI is InChI=1S/C19H17N3O4/c1-25-19-9-7-16(8-10-19)21-11-3-6-18(21)13-20-26-14-15-4-2-5-17(12-15)22(23)24/h2-13H,14H2,1H3/b20-13-. The molecule has 0 saturated carbocycles. The van der Waals surface area contributed by atoms with Crippen LogP contribution in [-0.2, 0) is 11.4 Å². The van der Waals surface area contributed by atoms with Gasteiger partial charge in [-0.25, -0.2) is 0 Å². The van der Waals surface area contributed by atoms with E-state index in [0.717, 1.165) is 17.1 Å². The Kier molecular flexibility index (Phi) is 5.28. The predicted molar refractivity (Wildman–Crippen MR) is 97.8 cm³/mol. The molecule has 7 nitrogen and oxygen atoms in total. The SMILES string of the molecule is COc1ccc(-n2cccc2/C=N\OCc2cccc([N+](=O)[O-])c2)cc1. The number of benzene rings is 2. The number of aromatic nitrogens is 1. The molecule has 0 fully saturated rings. The van der Waals surface area contributed by atoms with Crippen LogP contribution in [0.4, 0.5) is 5.69 Å². The summed E-state index contributed by atoms with van der Waals surface area (Å²) in [6.07, 6.45) is 3.52. The van der Waals surface area contributed by atoms with Crippen LogP contribution in [-0.4, -0.2) is 22.8 Å². The van der Waals surface area contributed by atoms with E-state index in [2.05, 4.69) is 5.16 Å². The Morgan fingerprint density at radius 2 is 1.96 bits per heavy atom. The highest BCUT2D eigenvalue weighted by Crippen LogP contribution is 2.17. The summed E-state index contributed by atoms with van der Waals surface area (Å²) in [5.41, 5.74) is 2.52. The lowest BCUT2D eigenvalue weighted by molar-refractivity contribution is -0.384. The van der Waals surface area contributed by atoms with Crippen molar-refractivity contribution < 1.29 is 14.5 Å². The fraction of sp³-hybridized carbons (Fsp3) is 0.105. The highest BCUT2D eigenvalue weighted by Gasteiger charge is 2.06. The molecular formula is C19H17N3O4. The summed E-state index contributed by atoms with van der Waals surface area (Å²) in [4.78, 5) is 15.6. The minimum absolute atomic E-state index is 0.0310. The Morgan fingerprint density at radius 1 is 1.15 bits per heavy atom. The molecule has 3 rings (SSSR count). The Bertz CT molecular complexity index is 917. The van der Waals surface area contributed by atoms with E-state index in [4.69, 9.17) is 9.57 Å². The third-order valence-electron chi connectivity index (χ3n) is 3.74. The topological polar surface area (TPSA) is 78.9 Å². The molecule has 0 aliphatic carbocycles. The van der Waals surface area contributed by atoms with E-state index in [1.807, 2.05) is 47.2 Å². The van der Waals surface area contributed by atoms with E-state index in [-0.39, 0.29) is 12.3 Å². The second kappa shape index (κ2) is 7.98. The van der Waals surface area contributed by atoms with Gasteiger partial charge in [0.25, 0.3) is 5.69 Å². The third-order valence-corrected chi connectivity index (χ3v) is 3.74. The molecule has 1 heterocycles. The summed E-state index contributed by atoms with van der Waals surface area (Å²) in [6.45, 7) is 0.154. The van der Waals surface area contributed by atoms with Crippen LogP contribution in [0, 0.1) is 10.1 Å². The zero-order chi connectivity index (χ0) is 18.4. The van der Waals surface area contributed by atoms with E-state index in [1.54, 1.807) is 25.5 Å². The minimum Gasteiger partial charge on any atom is -0.497 e. The molecule has 132 valence electrons. The van der Waals surface area contributed by atoms with E-state index in [1.165, 1.54) is 12.1 Å². The summed E-state index contributed by atoms with van der Waals surface area (Å²) in [6, 6.07) is 17.8. The van der Waals surface area contributed by atoms with Gasteiger partial charge < -0.3 is 14.1 Å². The lowest BCUT2D eigenvalue weighted by Crippen LogP contribution is -1.98. The summed E-state index contributed by atoms with van der Waals surface area (Å²) in [5, 5.41) is 14.7. The van der Waals surface area contributed by atoms with Gasteiger partial charge in [-0.3, -0.25) is 10.1 Å². The quantitative estimate of drug-likeness (QED) is 0.367. The monoisotopic (exact) mass is 351 g/mol. The first-order chi connectivity index (χ1) is 12.7. The summed E-state index contributed by atoms with van der Waals surface area (Å²) >= 11 is 0. The first kappa shape index (κ1) is 17.2. The van der Waals surface area contributed by atoms with Crippen molar-refractivity contribution in [2.45, 2.75) is 6.61 Å². The largest absolute Gasteiger partial charge is 0.497 e. The minimum atomic E-state index is -0.436. The van der Waals surface area contributed by atoms with Crippen LogP contribution in [0.25, 0.3) is 5.69 Å². The van der Waals surface area contributed by atoms with Gasteiger partial charge in [0.2, 0.25) is 0 Å². The molecule has 0 aliphatic rings. The van der Waals surface area contributed by atoms with Gasteiger partial charge in [0.05, 0.1) is 23.9 Å². The fourth-order valence-corrected chi connectivity index (χ4v) is 2.44. The normalized spacial score (nSPS) is 10.8. The number of oxime groups is 1. The highest BCUT2D eigenvalue weighted by atomic mass is 16.6. The van der Waals surface area contributed by atoms with Gasteiger partial charge in [-0.05, 0) is 42.0 Å². The summed E-state index contributed by atoms with van der Waals surface area (Å²) < 4.78 is 7.12. The number of nitro groups is 1. The van der Waals surface area contributed by atoms with Gasteiger partial charge in [-0.15, -0.1) is 0 Å². The molecule has 0 N–H and O–H groups in total. The lowest BCUT2D eigenvalue weighted by Gasteiger charge is -2.07. The first-order valence-electron chi connectivity index (χ1n) is 7.88. The van der Waals surface area contributed by atoms with E-state index in [0.29, 0.717) is 5.56 Å². The van der Waals surface area contributed by atoms with Gasteiger partial charge in [-0.2, -0.15) is 0 Å². The number of hydrogen-bond donors (Lipinski definition) is 0. The second-order valence-electron chi connectivity index (χ2n) is 5.44. The molecule has 2 aromatic carbocycles. The smallest absolute Gasteiger partial charge is 0.269 e. The molecular weight excluding hydrogens is 334 g/mol. The molecule has 0 saturated heterocycles. The predicted octanol–water partition coefficient (Wildman–Crippen LogP) is 3.94. The molecule has 0 radical (unpaired) electrons. The van der Waals surface area contributed by atoms with Crippen LogP contribution in [0.2, 0.25) is 0 Å². The average molecular weight is 351 g/mol. The first-order valence-corrected chi connectivity index (χ1v) is 7.88. The number of hydrogen-bond acceptors (Lipinski definition) is 5. The lowest BCUT2D eigenvalue weighted by atomic mass is 10.2. The van der Waals surface area contributed by atoms with E-state index >= 15 is 0 Å². The molecule has 0 aliphatic heterocycles. The van der Waals surface area contributed by atoms with Crippen LogP contribution in [0.3, 0.4) is 0 Å². The van der Waals surface area contributed by atoms with Gasteiger partial charge >= 0.3 is 0 Å². The zero-order valence-corrected chi connectivity index (χ0v) is 14.1. The Labute approximate surface area is 150 Å². The van der Waals surface area contributed by atoms with Gasteiger partial charge in [0, 0.05) is 24.0 Å². The van der Waals surface area contributed by atoms with Crippen molar-refractivity contribution >= 4 is 11.9 Å². The van der Waals surface area contributed by atoms with Crippen molar-refractivity contribution in [2.24, 2.45) is 5.16 Å². The van der Waals surface area contributed by atoms with Crippen molar-refractivity contribution in [3.8, 4) is 11.4 Å². The molecule has 0 unspecified atom stereocenters. The van der Waals surface area contributed by atoms with Crippen molar-refractivity contribution in [1.82, 2.24) is 4.57 Å². The van der Waals surface area contributed by atoms with Crippen molar-refractivity contribution in [2.75, 3.05) is 7.11 Å². The van der Waals surface area contributed by atoms with Crippen LogP contribution in [0.1, 0.15) is 11.3 Å². The Hall–Kier alpha value is -3.61. The molecule has 0 spiro atoms. The highest BCUT2D eigenvalue weighted by molar-refractivity contribution is 5.78. The number of ether oxygens (including phenoxy) is 1. The number of nitrogens with zero attached hydrogens (tertiary/aromatic N) is 3. The van der Waals surface area contributed by atoms with E-state index in [9.17, 15) is 10.1 Å². The number of methoxy groups -OCH3 is 1. The van der Waals surface area contributed by atoms with Gasteiger partial charge in [0.1, 0.15) is 12.4 Å². The van der Waals surface area contributed by atoms with E-state index < -0.39 is 4.92 Å². The number of nitro benzene ring substituents is 1. The maximum absolute atomic E-state index is 10.8. The molecule has 1 aromatic heterocycles. The average Bonchev–Trinajstić information content (AvgIpc) is 3.14. The second-order valence-corrected chi connectivity index (χ2v) is 5.44. The van der Waals surface area contributed by atoms with Crippen molar-refractivity contribution in [3.05, 3.63) is 88.2 Å². The molecule has 0 amide bonds. The van der Waals surface area contributed by atoms with Gasteiger partial charge in [0.15, 0.2) is 0 Å². The molecule has 26 heavy (non-hydrogen) atoms. The summed E-state index contributed by atoms with van der Waals surface area (Å²) in [5.74, 6) is 0.788.